The lowest BCUT2D eigenvalue weighted by molar-refractivity contribution is -0.923. The second-order valence-corrected chi connectivity index (χ2v) is 13.5. The minimum Gasteiger partial charge on any atom is -0.497 e. The summed E-state index contributed by atoms with van der Waals surface area (Å²) < 4.78 is 38.0. The van der Waals surface area contributed by atoms with Gasteiger partial charge in [0.25, 0.3) is 0 Å². The second kappa shape index (κ2) is 12.3. The van der Waals surface area contributed by atoms with Crippen molar-refractivity contribution in [3.05, 3.63) is 94.0 Å². The maximum absolute atomic E-state index is 6.84. The van der Waals surface area contributed by atoms with Gasteiger partial charge in [-0.3, -0.25) is 4.90 Å². The van der Waals surface area contributed by atoms with Crippen LogP contribution in [0.15, 0.2) is 60.7 Å². The highest BCUT2D eigenvalue weighted by Gasteiger charge is 2.41. The Kier molecular flexibility index (Phi) is 8.18. The molecule has 8 nitrogen and oxygen atoms in total. The van der Waals surface area contributed by atoms with Crippen molar-refractivity contribution in [3.8, 4) is 46.0 Å². The van der Waals surface area contributed by atoms with E-state index in [1.54, 1.807) is 28.4 Å². The third kappa shape index (κ3) is 5.63. The van der Waals surface area contributed by atoms with E-state index >= 15 is 0 Å². The molecule has 10 rings (SSSR count). The first kappa shape index (κ1) is 31.2. The molecule has 0 aromatic heterocycles. The molecule has 0 unspecified atom stereocenters. The van der Waals surface area contributed by atoms with E-state index < -0.39 is 0 Å². The van der Waals surface area contributed by atoms with Gasteiger partial charge in [0.15, 0.2) is 23.0 Å². The van der Waals surface area contributed by atoms with Crippen molar-refractivity contribution < 1.29 is 32.9 Å². The van der Waals surface area contributed by atoms with Gasteiger partial charge >= 0.3 is 0 Å². The SMILES string of the molecule is COc1cc2c3c(c1)Oc1ccc(cc1OC)C[C@@H]1c4c(cc(OC)c(OC)c4Oc4ccc(cc4)C[C@@H]3N(C)CC2)CC[N+]1(C)C. The summed E-state index contributed by atoms with van der Waals surface area (Å²) >= 11 is 0. The first-order valence-electron chi connectivity index (χ1n) is 16.4. The number of quaternary nitrogens is 1. The first-order chi connectivity index (χ1) is 22.7. The maximum atomic E-state index is 6.84. The summed E-state index contributed by atoms with van der Waals surface area (Å²) in [5, 5.41) is 0. The van der Waals surface area contributed by atoms with Crippen LogP contribution in [0.3, 0.4) is 0 Å². The third-order valence-electron chi connectivity index (χ3n) is 10.4. The van der Waals surface area contributed by atoms with Crippen LogP contribution >= 0.6 is 0 Å². The van der Waals surface area contributed by atoms with Crippen LogP contribution in [0.2, 0.25) is 0 Å². The molecule has 6 heterocycles. The van der Waals surface area contributed by atoms with Gasteiger partial charge in [0.2, 0.25) is 5.75 Å². The summed E-state index contributed by atoms with van der Waals surface area (Å²) in [5.74, 6) is 5.74. The molecule has 47 heavy (non-hydrogen) atoms. The van der Waals surface area contributed by atoms with Gasteiger partial charge in [-0.2, -0.15) is 0 Å². The lowest BCUT2D eigenvalue weighted by Crippen LogP contribution is -2.48. The molecule has 4 aromatic rings. The molecule has 0 aliphatic carbocycles. The quantitative estimate of drug-likeness (QED) is 0.218. The molecular formula is C39H45N2O6+. The van der Waals surface area contributed by atoms with Crippen molar-refractivity contribution in [3.63, 3.8) is 0 Å². The van der Waals surface area contributed by atoms with Crippen LogP contribution in [0.4, 0.5) is 0 Å². The van der Waals surface area contributed by atoms with E-state index in [9.17, 15) is 0 Å². The summed E-state index contributed by atoms with van der Waals surface area (Å²) in [6.45, 7) is 1.93. The van der Waals surface area contributed by atoms with Crippen molar-refractivity contribution in [2.45, 2.75) is 37.8 Å². The number of benzene rings is 4. The van der Waals surface area contributed by atoms with E-state index in [1.807, 2.05) is 12.1 Å². The number of ether oxygens (including phenoxy) is 6. The van der Waals surface area contributed by atoms with Crippen LogP contribution in [0, 0.1) is 0 Å². The van der Waals surface area contributed by atoms with Gasteiger partial charge in [-0.1, -0.05) is 18.2 Å². The van der Waals surface area contributed by atoms with Gasteiger partial charge in [-0.05, 0) is 78.5 Å². The highest BCUT2D eigenvalue weighted by atomic mass is 16.5. The van der Waals surface area contributed by atoms with Crippen molar-refractivity contribution in [1.82, 2.24) is 4.90 Å². The Morgan fingerprint density at radius 1 is 0.702 bits per heavy atom. The normalized spacial score (nSPS) is 19.7. The molecule has 6 aliphatic rings. The summed E-state index contributed by atoms with van der Waals surface area (Å²) in [6, 6.07) is 21.3. The van der Waals surface area contributed by atoms with Crippen LogP contribution in [0.1, 0.15) is 45.5 Å². The Hall–Kier alpha value is -4.40. The Morgan fingerprint density at radius 3 is 2.17 bits per heavy atom. The molecule has 8 heteroatoms. The van der Waals surface area contributed by atoms with Gasteiger partial charge in [-0.15, -0.1) is 0 Å². The fourth-order valence-corrected chi connectivity index (χ4v) is 7.64. The molecule has 0 N–H and O–H groups in total. The number of methoxy groups -OCH3 is 4. The van der Waals surface area contributed by atoms with E-state index in [0.29, 0.717) is 23.0 Å². The minimum atomic E-state index is 0.0879. The predicted octanol–water partition coefficient (Wildman–Crippen LogP) is 7.31. The van der Waals surface area contributed by atoms with E-state index in [-0.39, 0.29) is 12.1 Å². The Labute approximate surface area is 277 Å². The molecular weight excluding hydrogens is 592 g/mol. The Bertz CT molecular complexity index is 1800. The molecule has 2 atom stereocenters. The fourth-order valence-electron chi connectivity index (χ4n) is 7.64. The Morgan fingerprint density at radius 2 is 1.45 bits per heavy atom. The monoisotopic (exact) mass is 637 g/mol. The van der Waals surface area contributed by atoms with Gasteiger partial charge in [0.05, 0.1) is 54.6 Å². The molecule has 0 saturated heterocycles. The number of likely N-dealkylation sites (N-methyl/N-ethyl adjacent to an activating group) is 2. The number of rotatable bonds is 4. The smallest absolute Gasteiger partial charge is 0.204 e. The minimum absolute atomic E-state index is 0.0879. The highest BCUT2D eigenvalue weighted by molar-refractivity contribution is 5.62. The van der Waals surface area contributed by atoms with E-state index in [4.69, 9.17) is 28.4 Å². The highest BCUT2D eigenvalue weighted by Crippen LogP contribution is 2.52. The van der Waals surface area contributed by atoms with E-state index in [2.05, 4.69) is 74.6 Å². The van der Waals surface area contributed by atoms with Crippen LogP contribution in [0.5, 0.6) is 46.0 Å². The summed E-state index contributed by atoms with van der Waals surface area (Å²) in [5.41, 5.74) is 7.17. The standard InChI is InChI=1S/C39H45N2O6/c1-40-16-14-26-21-29(42-4)23-34-36(26)30(40)18-24-8-11-28(12-9-24)46-39-37-27(22-35(44-6)38(39)45-7)15-17-41(2,3)31(37)19-25-10-13-32(47-34)33(20-25)43-5/h8-13,20-23,30-31H,14-19H2,1-7H3/q+1/t30-,31+/m0/s1. The zero-order valence-electron chi connectivity index (χ0n) is 28.5. The van der Waals surface area contributed by atoms with Gasteiger partial charge in [-0.25, -0.2) is 0 Å². The zero-order chi connectivity index (χ0) is 32.9. The zero-order valence-corrected chi connectivity index (χ0v) is 28.5. The van der Waals surface area contributed by atoms with Crippen LogP contribution in [-0.4, -0.2) is 72.1 Å². The molecule has 0 saturated carbocycles. The largest absolute Gasteiger partial charge is 0.497 e. The van der Waals surface area contributed by atoms with E-state index in [1.165, 1.54) is 22.3 Å². The predicted molar refractivity (Wildman–Crippen MR) is 182 cm³/mol. The first-order valence-corrected chi connectivity index (χ1v) is 16.4. The van der Waals surface area contributed by atoms with Crippen molar-refractivity contribution in [2.75, 3.05) is 62.7 Å². The molecule has 4 aromatic carbocycles. The van der Waals surface area contributed by atoms with Crippen LogP contribution < -0.4 is 28.4 Å². The average molecular weight is 638 g/mol. The lowest BCUT2D eigenvalue weighted by atomic mass is 9.85. The molecule has 6 aliphatic heterocycles. The maximum Gasteiger partial charge on any atom is 0.204 e. The fraction of sp³-hybridized carbons (Fsp3) is 0.385. The number of hydrogen-bond acceptors (Lipinski definition) is 7. The molecule has 0 amide bonds. The molecule has 4 bridgehead atoms. The van der Waals surface area contributed by atoms with Gasteiger partial charge in [0, 0.05) is 37.1 Å². The third-order valence-corrected chi connectivity index (χ3v) is 10.4. The Balaban J connectivity index is 1.44. The number of nitrogens with zero attached hydrogens (tertiary/aromatic N) is 2. The van der Waals surface area contributed by atoms with Gasteiger partial charge < -0.3 is 32.9 Å². The lowest BCUT2D eigenvalue weighted by Gasteiger charge is -2.43. The van der Waals surface area contributed by atoms with Crippen molar-refractivity contribution in [1.29, 1.82) is 0 Å². The second-order valence-electron chi connectivity index (χ2n) is 13.5. The molecule has 0 fully saturated rings. The summed E-state index contributed by atoms with van der Waals surface area (Å²) in [7, 11) is 13.6. The topological polar surface area (TPSA) is 58.6 Å². The molecule has 0 spiro atoms. The molecule has 246 valence electrons. The molecule has 0 radical (unpaired) electrons. The number of hydrogen-bond donors (Lipinski definition) is 0. The average Bonchev–Trinajstić information content (AvgIpc) is 3.07. The van der Waals surface area contributed by atoms with E-state index in [0.717, 1.165) is 77.4 Å². The van der Waals surface area contributed by atoms with Crippen LogP contribution in [-0.2, 0) is 25.7 Å². The van der Waals surface area contributed by atoms with Gasteiger partial charge in [0.1, 0.15) is 23.3 Å². The summed E-state index contributed by atoms with van der Waals surface area (Å²) in [6.07, 6.45) is 3.40. The van der Waals surface area contributed by atoms with Crippen LogP contribution in [0.25, 0.3) is 0 Å². The van der Waals surface area contributed by atoms with Crippen molar-refractivity contribution in [2.24, 2.45) is 0 Å². The van der Waals surface area contributed by atoms with Crippen molar-refractivity contribution >= 4 is 0 Å². The summed E-state index contributed by atoms with van der Waals surface area (Å²) in [4.78, 5) is 2.41.